The molecule has 5 nitrogen and oxygen atoms in total. The minimum absolute atomic E-state index is 0.181. The van der Waals surface area contributed by atoms with E-state index < -0.39 is 12.3 Å². The van der Waals surface area contributed by atoms with Crippen molar-refractivity contribution in [2.45, 2.75) is 6.36 Å². The van der Waals surface area contributed by atoms with E-state index in [1.54, 1.807) is 0 Å². The molecule has 0 aliphatic heterocycles. The second-order valence-electron chi connectivity index (χ2n) is 4.23. The normalized spacial score (nSPS) is 11.1. The highest BCUT2D eigenvalue weighted by atomic mass is 19.4. The smallest absolute Gasteiger partial charge is 0.465 e. The van der Waals surface area contributed by atoms with E-state index in [2.05, 4.69) is 14.5 Å². The maximum Gasteiger partial charge on any atom is 0.573 e. The molecular weight excluding hydrogens is 301 g/mol. The average molecular weight is 312 g/mol. The van der Waals surface area contributed by atoms with Gasteiger partial charge in [-0.05, 0) is 30.3 Å². The lowest BCUT2D eigenvalue weighted by Gasteiger charge is -2.10. The van der Waals surface area contributed by atoms with Gasteiger partial charge in [0.1, 0.15) is 5.75 Å². The quantitative estimate of drug-likeness (QED) is 0.882. The lowest BCUT2D eigenvalue weighted by molar-refractivity contribution is -0.274. The average Bonchev–Trinajstić information content (AvgIpc) is 2.46. The van der Waals surface area contributed by atoms with E-state index in [0.29, 0.717) is 11.3 Å². The standard InChI is InChI=1S/C14H11F3N2O3/c1-21-13(20)9-6-11(18)12(19-7-9)8-2-4-10(5-3-8)22-14(15,16)17/h2-7H,18H2,1H3. The molecule has 0 saturated carbocycles. The molecule has 116 valence electrons. The summed E-state index contributed by atoms with van der Waals surface area (Å²) in [7, 11) is 1.23. The first-order chi connectivity index (χ1) is 10.3. The van der Waals surface area contributed by atoms with Gasteiger partial charge in [-0.1, -0.05) is 0 Å². The summed E-state index contributed by atoms with van der Waals surface area (Å²) in [6, 6.07) is 6.46. The number of nitrogens with two attached hydrogens (primary N) is 1. The monoisotopic (exact) mass is 312 g/mol. The van der Waals surface area contributed by atoms with Gasteiger partial charge in [0.25, 0.3) is 0 Å². The van der Waals surface area contributed by atoms with Gasteiger partial charge in [-0.15, -0.1) is 13.2 Å². The molecular formula is C14H11F3N2O3. The summed E-state index contributed by atoms with van der Waals surface area (Å²) >= 11 is 0. The van der Waals surface area contributed by atoms with Crippen LogP contribution in [0.4, 0.5) is 18.9 Å². The number of carbonyl (C=O) groups is 1. The molecule has 0 atom stereocenters. The molecule has 2 rings (SSSR count). The number of carbonyl (C=O) groups excluding carboxylic acids is 1. The summed E-state index contributed by atoms with van der Waals surface area (Å²) < 4.78 is 44.6. The Labute approximate surface area is 123 Å². The predicted octanol–water partition coefficient (Wildman–Crippen LogP) is 3.02. The highest BCUT2D eigenvalue weighted by Gasteiger charge is 2.31. The zero-order chi connectivity index (χ0) is 16.3. The van der Waals surface area contributed by atoms with E-state index in [1.165, 1.54) is 31.5 Å². The highest BCUT2D eigenvalue weighted by molar-refractivity contribution is 5.91. The summed E-state index contributed by atoms with van der Waals surface area (Å²) in [4.78, 5) is 15.4. The maximum absolute atomic E-state index is 12.1. The van der Waals surface area contributed by atoms with Gasteiger partial charge >= 0.3 is 12.3 Å². The molecule has 0 aliphatic rings. The van der Waals surface area contributed by atoms with Gasteiger partial charge in [-0.2, -0.15) is 0 Å². The minimum Gasteiger partial charge on any atom is -0.465 e. The molecule has 0 spiro atoms. The number of nitrogens with zero attached hydrogens (tertiary/aromatic N) is 1. The van der Waals surface area contributed by atoms with E-state index >= 15 is 0 Å². The first-order valence-corrected chi connectivity index (χ1v) is 6.00. The molecule has 0 saturated heterocycles. The summed E-state index contributed by atoms with van der Waals surface area (Å²) in [5, 5.41) is 0. The summed E-state index contributed by atoms with van der Waals surface area (Å²) in [5.74, 6) is -0.930. The SMILES string of the molecule is COC(=O)c1cnc(-c2ccc(OC(F)(F)F)cc2)c(N)c1. The van der Waals surface area contributed by atoms with Crippen LogP contribution in [0.1, 0.15) is 10.4 Å². The minimum atomic E-state index is -4.75. The number of aromatic nitrogens is 1. The van der Waals surface area contributed by atoms with Gasteiger partial charge in [0.2, 0.25) is 0 Å². The van der Waals surface area contributed by atoms with Crippen molar-refractivity contribution in [3.63, 3.8) is 0 Å². The van der Waals surface area contributed by atoms with Crippen molar-refractivity contribution < 1.29 is 27.4 Å². The molecule has 0 fully saturated rings. The maximum atomic E-state index is 12.1. The highest BCUT2D eigenvalue weighted by Crippen LogP contribution is 2.28. The van der Waals surface area contributed by atoms with Crippen molar-refractivity contribution in [2.24, 2.45) is 0 Å². The number of pyridine rings is 1. The van der Waals surface area contributed by atoms with Crippen molar-refractivity contribution in [3.05, 3.63) is 42.1 Å². The zero-order valence-electron chi connectivity index (χ0n) is 11.3. The Hall–Kier alpha value is -2.77. The zero-order valence-corrected chi connectivity index (χ0v) is 11.3. The Morgan fingerprint density at radius 1 is 1.23 bits per heavy atom. The topological polar surface area (TPSA) is 74.4 Å². The van der Waals surface area contributed by atoms with Crippen LogP contribution in [0, 0.1) is 0 Å². The fourth-order valence-corrected chi connectivity index (χ4v) is 1.77. The van der Waals surface area contributed by atoms with Gasteiger partial charge in [-0.3, -0.25) is 4.98 Å². The molecule has 0 radical (unpaired) electrons. The van der Waals surface area contributed by atoms with Crippen molar-refractivity contribution >= 4 is 11.7 Å². The van der Waals surface area contributed by atoms with Crippen LogP contribution < -0.4 is 10.5 Å². The molecule has 0 aliphatic carbocycles. The molecule has 22 heavy (non-hydrogen) atoms. The van der Waals surface area contributed by atoms with E-state index in [9.17, 15) is 18.0 Å². The number of ether oxygens (including phenoxy) is 2. The summed E-state index contributed by atoms with van der Waals surface area (Å²) in [5.41, 5.74) is 7.02. The molecule has 0 unspecified atom stereocenters. The van der Waals surface area contributed by atoms with Crippen molar-refractivity contribution in [2.75, 3.05) is 12.8 Å². The third-order valence-electron chi connectivity index (χ3n) is 2.70. The number of hydrogen-bond donors (Lipinski definition) is 1. The number of esters is 1. The van der Waals surface area contributed by atoms with Crippen LogP contribution in [-0.2, 0) is 4.74 Å². The van der Waals surface area contributed by atoms with Crippen LogP contribution in [0.5, 0.6) is 5.75 Å². The number of anilines is 1. The fraction of sp³-hybridized carbons (Fsp3) is 0.143. The number of rotatable bonds is 3. The van der Waals surface area contributed by atoms with Crippen LogP contribution >= 0.6 is 0 Å². The van der Waals surface area contributed by atoms with E-state index in [4.69, 9.17) is 5.73 Å². The second kappa shape index (κ2) is 5.92. The Morgan fingerprint density at radius 3 is 2.36 bits per heavy atom. The Balaban J connectivity index is 2.27. The number of benzene rings is 1. The molecule has 8 heteroatoms. The second-order valence-corrected chi connectivity index (χ2v) is 4.23. The van der Waals surface area contributed by atoms with Gasteiger partial charge in [-0.25, -0.2) is 4.79 Å². The van der Waals surface area contributed by atoms with Crippen LogP contribution in [0.15, 0.2) is 36.5 Å². The Kier molecular flexibility index (Phi) is 4.20. The van der Waals surface area contributed by atoms with Crippen molar-refractivity contribution in [1.82, 2.24) is 4.98 Å². The number of alkyl halides is 3. The van der Waals surface area contributed by atoms with E-state index in [0.717, 1.165) is 12.1 Å². The lowest BCUT2D eigenvalue weighted by Crippen LogP contribution is -2.16. The Bertz CT molecular complexity index is 685. The number of hydrogen-bond acceptors (Lipinski definition) is 5. The van der Waals surface area contributed by atoms with Gasteiger partial charge in [0.05, 0.1) is 24.1 Å². The van der Waals surface area contributed by atoms with Crippen LogP contribution in [-0.4, -0.2) is 24.4 Å². The molecule has 0 amide bonds. The number of nitrogen functional groups attached to an aromatic ring is 1. The molecule has 2 N–H and O–H groups in total. The van der Waals surface area contributed by atoms with E-state index in [-0.39, 0.29) is 17.0 Å². The van der Waals surface area contributed by atoms with Gasteiger partial charge in [0.15, 0.2) is 0 Å². The largest absolute Gasteiger partial charge is 0.573 e. The fourth-order valence-electron chi connectivity index (χ4n) is 1.77. The summed E-state index contributed by atoms with van der Waals surface area (Å²) in [6.45, 7) is 0. The first kappa shape index (κ1) is 15.6. The predicted molar refractivity (Wildman–Crippen MR) is 72.1 cm³/mol. The van der Waals surface area contributed by atoms with E-state index in [1.807, 2.05) is 0 Å². The van der Waals surface area contributed by atoms with Crippen LogP contribution in [0.3, 0.4) is 0 Å². The third kappa shape index (κ3) is 3.66. The van der Waals surface area contributed by atoms with Gasteiger partial charge in [0, 0.05) is 11.8 Å². The molecule has 2 aromatic rings. The summed E-state index contributed by atoms with van der Waals surface area (Å²) in [6.07, 6.45) is -3.47. The molecule has 1 aromatic carbocycles. The lowest BCUT2D eigenvalue weighted by atomic mass is 10.1. The molecule has 1 aromatic heterocycles. The third-order valence-corrected chi connectivity index (χ3v) is 2.70. The molecule has 1 heterocycles. The number of halogens is 3. The molecule has 0 bridgehead atoms. The van der Waals surface area contributed by atoms with Crippen LogP contribution in [0.2, 0.25) is 0 Å². The van der Waals surface area contributed by atoms with Crippen LogP contribution in [0.25, 0.3) is 11.3 Å². The Morgan fingerprint density at radius 2 is 1.86 bits per heavy atom. The number of methoxy groups -OCH3 is 1. The van der Waals surface area contributed by atoms with Crippen molar-refractivity contribution in [3.8, 4) is 17.0 Å². The van der Waals surface area contributed by atoms with Gasteiger partial charge < -0.3 is 15.2 Å². The van der Waals surface area contributed by atoms with Crippen molar-refractivity contribution in [1.29, 1.82) is 0 Å². The first-order valence-electron chi connectivity index (χ1n) is 6.00.